The van der Waals surface area contributed by atoms with Crippen molar-refractivity contribution in [1.82, 2.24) is 19.7 Å². The van der Waals surface area contributed by atoms with E-state index in [1.54, 1.807) is 35.4 Å². The maximum atomic E-state index is 12.8. The summed E-state index contributed by atoms with van der Waals surface area (Å²) in [6, 6.07) is 9.21. The van der Waals surface area contributed by atoms with E-state index in [0.717, 1.165) is 11.3 Å². The summed E-state index contributed by atoms with van der Waals surface area (Å²) in [6.45, 7) is 6.88. The van der Waals surface area contributed by atoms with Crippen molar-refractivity contribution in [3.8, 4) is 0 Å². The molecule has 3 aromatic rings. The normalized spacial score (nSPS) is 11.3. The van der Waals surface area contributed by atoms with Crippen molar-refractivity contribution in [2.45, 2.75) is 32.7 Å². The molecule has 7 heteroatoms. The van der Waals surface area contributed by atoms with Gasteiger partial charge in [-0.25, -0.2) is 4.98 Å². The average molecular weight is 364 g/mol. The van der Waals surface area contributed by atoms with Crippen LogP contribution in [0.25, 0.3) is 0 Å². The Hall–Kier alpha value is -3.22. The van der Waals surface area contributed by atoms with Gasteiger partial charge in [-0.2, -0.15) is 5.10 Å². The number of nitrogens with one attached hydrogen (secondary N) is 2. The highest BCUT2D eigenvalue weighted by Gasteiger charge is 2.21. The quantitative estimate of drug-likeness (QED) is 0.725. The molecule has 0 spiro atoms. The molecule has 3 rings (SSSR count). The third-order valence-electron chi connectivity index (χ3n) is 4.15. The zero-order valence-electron chi connectivity index (χ0n) is 16.0. The van der Waals surface area contributed by atoms with Gasteiger partial charge < -0.3 is 10.6 Å². The third-order valence-corrected chi connectivity index (χ3v) is 4.15. The van der Waals surface area contributed by atoms with Crippen LogP contribution in [0.3, 0.4) is 0 Å². The summed E-state index contributed by atoms with van der Waals surface area (Å²) in [6.07, 6.45) is 5.12. The monoisotopic (exact) mass is 364 g/mol. The number of nitrogens with zero attached hydrogens (tertiary/aromatic N) is 4. The maximum Gasteiger partial charge on any atom is 0.260 e. The average Bonchev–Trinajstić information content (AvgIpc) is 3.01. The molecule has 0 bridgehead atoms. The van der Waals surface area contributed by atoms with E-state index >= 15 is 0 Å². The van der Waals surface area contributed by atoms with Gasteiger partial charge in [-0.05, 0) is 29.8 Å². The first-order valence-corrected chi connectivity index (χ1v) is 8.78. The van der Waals surface area contributed by atoms with Crippen LogP contribution in [0.15, 0.2) is 48.9 Å². The Morgan fingerprint density at radius 1 is 1.15 bits per heavy atom. The van der Waals surface area contributed by atoms with Crippen molar-refractivity contribution in [3.05, 3.63) is 65.7 Å². The molecule has 1 amide bonds. The molecule has 0 aliphatic carbocycles. The molecular formula is C20H24N6O. The van der Waals surface area contributed by atoms with Crippen LogP contribution in [0.2, 0.25) is 0 Å². The Labute approximate surface area is 158 Å². The molecule has 0 atom stereocenters. The van der Waals surface area contributed by atoms with E-state index in [0.29, 0.717) is 23.7 Å². The highest BCUT2D eigenvalue weighted by Crippen LogP contribution is 2.24. The number of hydrogen-bond acceptors (Lipinski definition) is 5. The van der Waals surface area contributed by atoms with Crippen molar-refractivity contribution >= 4 is 17.5 Å². The SMILES string of the molecule is Cn1nc(NC(=O)c2cccnc2NCc2ccncc2)cc1C(C)(C)C. The van der Waals surface area contributed by atoms with Crippen LogP contribution in [-0.2, 0) is 19.0 Å². The highest BCUT2D eigenvalue weighted by molar-refractivity contribution is 6.07. The number of aryl methyl sites for hydroxylation is 1. The first kappa shape index (κ1) is 18.6. The molecule has 3 heterocycles. The van der Waals surface area contributed by atoms with E-state index in [-0.39, 0.29) is 11.3 Å². The third kappa shape index (κ3) is 4.49. The van der Waals surface area contributed by atoms with Crippen LogP contribution < -0.4 is 10.6 Å². The number of aromatic nitrogens is 4. The second-order valence-corrected chi connectivity index (χ2v) is 7.35. The van der Waals surface area contributed by atoms with Crippen molar-refractivity contribution < 1.29 is 4.79 Å². The zero-order chi connectivity index (χ0) is 19.4. The van der Waals surface area contributed by atoms with Gasteiger partial charge in [-0.15, -0.1) is 0 Å². The molecule has 0 aliphatic rings. The summed E-state index contributed by atoms with van der Waals surface area (Å²) in [7, 11) is 1.88. The molecule has 3 aromatic heterocycles. The van der Waals surface area contributed by atoms with Crippen LogP contribution in [0.4, 0.5) is 11.6 Å². The molecule has 0 fully saturated rings. The zero-order valence-corrected chi connectivity index (χ0v) is 16.0. The van der Waals surface area contributed by atoms with E-state index in [4.69, 9.17) is 0 Å². The van der Waals surface area contributed by atoms with E-state index in [1.807, 2.05) is 25.2 Å². The summed E-state index contributed by atoms with van der Waals surface area (Å²) >= 11 is 0. The predicted octanol–water partition coefficient (Wildman–Crippen LogP) is 3.37. The Morgan fingerprint density at radius 2 is 1.89 bits per heavy atom. The lowest BCUT2D eigenvalue weighted by atomic mass is 9.92. The minimum atomic E-state index is -0.251. The van der Waals surface area contributed by atoms with Crippen molar-refractivity contribution in [1.29, 1.82) is 0 Å². The minimum absolute atomic E-state index is 0.0592. The smallest absolute Gasteiger partial charge is 0.260 e. The van der Waals surface area contributed by atoms with Crippen molar-refractivity contribution in [2.24, 2.45) is 7.05 Å². The molecular weight excluding hydrogens is 340 g/mol. The minimum Gasteiger partial charge on any atom is -0.365 e. The van der Waals surface area contributed by atoms with Gasteiger partial charge >= 0.3 is 0 Å². The molecule has 7 nitrogen and oxygen atoms in total. The van der Waals surface area contributed by atoms with Gasteiger partial charge in [0.25, 0.3) is 5.91 Å². The van der Waals surface area contributed by atoms with Crippen molar-refractivity contribution in [2.75, 3.05) is 10.6 Å². The van der Waals surface area contributed by atoms with Gasteiger partial charge in [-0.3, -0.25) is 14.5 Å². The first-order valence-electron chi connectivity index (χ1n) is 8.78. The molecule has 0 saturated carbocycles. The van der Waals surface area contributed by atoms with E-state index in [1.165, 1.54) is 0 Å². The second kappa shape index (κ2) is 7.57. The lowest BCUT2D eigenvalue weighted by Gasteiger charge is -2.17. The number of rotatable bonds is 5. The maximum absolute atomic E-state index is 12.8. The van der Waals surface area contributed by atoms with Crippen LogP contribution in [0, 0.1) is 0 Å². The molecule has 0 radical (unpaired) electrons. The fourth-order valence-corrected chi connectivity index (χ4v) is 2.83. The molecule has 0 unspecified atom stereocenters. The summed E-state index contributed by atoms with van der Waals surface area (Å²) in [4.78, 5) is 21.1. The lowest BCUT2D eigenvalue weighted by Crippen LogP contribution is -2.16. The van der Waals surface area contributed by atoms with E-state index in [2.05, 4.69) is 46.5 Å². The Morgan fingerprint density at radius 3 is 2.56 bits per heavy atom. The van der Waals surface area contributed by atoms with Crippen LogP contribution >= 0.6 is 0 Å². The largest absolute Gasteiger partial charge is 0.365 e. The standard InChI is InChI=1S/C20H24N6O/c1-20(2,3)16-12-17(25-26(16)4)24-19(27)15-6-5-9-22-18(15)23-13-14-7-10-21-11-8-14/h5-12H,13H2,1-4H3,(H,22,23)(H,24,25,27). The topological polar surface area (TPSA) is 84.7 Å². The Balaban J connectivity index is 1.76. The molecule has 0 aromatic carbocycles. The summed E-state index contributed by atoms with van der Waals surface area (Å²) in [5.74, 6) is 0.800. The fraction of sp³-hybridized carbons (Fsp3) is 0.300. The molecule has 2 N–H and O–H groups in total. The van der Waals surface area contributed by atoms with Gasteiger partial charge in [0.2, 0.25) is 0 Å². The van der Waals surface area contributed by atoms with Gasteiger partial charge in [0, 0.05) is 49.4 Å². The van der Waals surface area contributed by atoms with E-state index in [9.17, 15) is 4.79 Å². The number of carbonyl (C=O) groups is 1. The van der Waals surface area contributed by atoms with Gasteiger partial charge in [0.1, 0.15) is 5.82 Å². The van der Waals surface area contributed by atoms with Crippen LogP contribution in [-0.4, -0.2) is 25.7 Å². The van der Waals surface area contributed by atoms with Crippen molar-refractivity contribution in [3.63, 3.8) is 0 Å². The van der Waals surface area contributed by atoms with Gasteiger partial charge in [0.05, 0.1) is 5.56 Å². The molecule has 0 saturated heterocycles. The first-order chi connectivity index (χ1) is 12.8. The lowest BCUT2D eigenvalue weighted by molar-refractivity contribution is 0.102. The summed E-state index contributed by atoms with van der Waals surface area (Å²) in [5, 5.41) is 10.5. The predicted molar refractivity (Wildman–Crippen MR) is 106 cm³/mol. The molecule has 140 valence electrons. The second-order valence-electron chi connectivity index (χ2n) is 7.35. The van der Waals surface area contributed by atoms with Gasteiger partial charge in [-0.1, -0.05) is 20.8 Å². The number of anilines is 2. The molecule has 27 heavy (non-hydrogen) atoms. The number of pyridine rings is 2. The molecule has 0 aliphatic heterocycles. The Kier molecular flexibility index (Phi) is 5.21. The highest BCUT2D eigenvalue weighted by atomic mass is 16.1. The van der Waals surface area contributed by atoms with Gasteiger partial charge in [0.15, 0.2) is 5.82 Å². The van der Waals surface area contributed by atoms with Crippen LogP contribution in [0.1, 0.15) is 42.4 Å². The number of amides is 1. The Bertz CT molecular complexity index is 927. The summed E-state index contributed by atoms with van der Waals surface area (Å²) in [5.41, 5.74) is 2.51. The number of carbonyl (C=O) groups excluding carboxylic acids is 1. The summed E-state index contributed by atoms with van der Waals surface area (Å²) < 4.78 is 1.79. The number of hydrogen-bond donors (Lipinski definition) is 2. The van der Waals surface area contributed by atoms with Crippen LogP contribution in [0.5, 0.6) is 0 Å². The fourth-order valence-electron chi connectivity index (χ4n) is 2.83. The van der Waals surface area contributed by atoms with E-state index < -0.39 is 0 Å².